The Labute approximate surface area is 113 Å². The molecule has 0 N–H and O–H groups in total. The highest BCUT2D eigenvalue weighted by molar-refractivity contribution is 5.97. The number of esters is 2. The van der Waals surface area contributed by atoms with Crippen molar-refractivity contribution >= 4 is 18.0 Å². The molecule has 0 atom stereocenters. The molecule has 0 bridgehead atoms. The molecule has 0 amide bonds. The lowest BCUT2D eigenvalue weighted by Crippen LogP contribution is -2.26. The molecular weight excluding hydrogens is 244 g/mol. The number of hydrogen-bond acceptors (Lipinski definition) is 4. The molecule has 19 heavy (non-hydrogen) atoms. The molecular formula is C15H18O4. The number of hydrogen-bond donors (Lipinski definition) is 0. The Morgan fingerprint density at radius 1 is 1.05 bits per heavy atom. The summed E-state index contributed by atoms with van der Waals surface area (Å²) in [5, 5.41) is 0. The van der Waals surface area contributed by atoms with Crippen LogP contribution in [-0.4, -0.2) is 25.2 Å². The van der Waals surface area contributed by atoms with E-state index in [1.165, 1.54) is 6.08 Å². The second-order valence-electron chi connectivity index (χ2n) is 3.75. The van der Waals surface area contributed by atoms with Crippen LogP contribution in [0.4, 0.5) is 0 Å². The molecule has 0 aliphatic carbocycles. The fraction of sp³-hybridized carbons (Fsp3) is 0.333. The van der Waals surface area contributed by atoms with Crippen molar-refractivity contribution in [2.24, 2.45) is 5.92 Å². The van der Waals surface area contributed by atoms with E-state index in [-0.39, 0.29) is 13.2 Å². The van der Waals surface area contributed by atoms with Gasteiger partial charge in [-0.3, -0.25) is 9.59 Å². The summed E-state index contributed by atoms with van der Waals surface area (Å²) in [6, 6.07) is 9.41. The van der Waals surface area contributed by atoms with Crippen LogP contribution in [0.15, 0.2) is 36.4 Å². The summed E-state index contributed by atoms with van der Waals surface area (Å²) in [7, 11) is 0. The maximum atomic E-state index is 11.7. The van der Waals surface area contributed by atoms with E-state index in [1.807, 2.05) is 30.3 Å². The molecule has 4 heteroatoms. The van der Waals surface area contributed by atoms with Crippen LogP contribution in [0.25, 0.3) is 6.08 Å². The van der Waals surface area contributed by atoms with Crippen molar-refractivity contribution in [3.05, 3.63) is 42.0 Å². The third-order valence-electron chi connectivity index (χ3n) is 2.36. The molecule has 0 saturated carbocycles. The van der Waals surface area contributed by atoms with Crippen molar-refractivity contribution in [1.29, 1.82) is 0 Å². The molecule has 1 aromatic rings. The van der Waals surface area contributed by atoms with E-state index in [4.69, 9.17) is 9.47 Å². The van der Waals surface area contributed by atoms with Crippen LogP contribution in [0.2, 0.25) is 0 Å². The van der Waals surface area contributed by atoms with E-state index in [9.17, 15) is 9.59 Å². The molecule has 0 aliphatic rings. The van der Waals surface area contributed by atoms with Gasteiger partial charge < -0.3 is 9.47 Å². The molecule has 0 aliphatic heterocycles. The Kier molecular flexibility index (Phi) is 6.36. The molecule has 0 saturated heterocycles. The molecule has 0 radical (unpaired) electrons. The van der Waals surface area contributed by atoms with Crippen molar-refractivity contribution in [2.45, 2.75) is 13.8 Å². The van der Waals surface area contributed by atoms with E-state index in [0.29, 0.717) is 0 Å². The molecule has 1 aromatic carbocycles. The zero-order chi connectivity index (χ0) is 14.1. The van der Waals surface area contributed by atoms with Crippen molar-refractivity contribution in [3.63, 3.8) is 0 Å². The smallest absolute Gasteiger partial charge is 0.324 e. The predicted octanol–water partition coefficient (Wildman–Crippen LogP) is 2.44. The minimum Gasteiger partial charge on any atom is -0.465 e. The van der Waals surface area contributed by atoms with Gasteiger partial charge in [-0.15, -0.1) is 0 Å². The molecule has 4 nitrogen and oxygen atoms in total. The van der Waals surface area contributed by atoms with E-state index < -0.39 is 17.9 Å². The minimum atomic E-state index is -1.01. The number of carbonyl (C=O) groups excluding carboxylic acids is 2. The van der Waals surface area contributed by atoms with Crippen molar-refractivity contribution in [3.8, 4) is 0 Å². The summed E-state index contributed by atoms with van der Waals surface area (Å²) in [6.45, 7) is 3.85. The van der Waals surface area contributed by atoms with Gasteiger partial charge in [0.05, 0.1) is 13.2 Å². The van der Waals surface area contributed by atoms with Crippen molar-refractivity contribution < 1.29 is 19.1 Å². The average Bonchev–Trinajstić information content (AvgIpc) is 2.41. The normalized spacial score (nSPS) is 10.7. The third kappa shape index (κ3) is 4.95. The predicted molar refractivity (Wildman–Crippen MR) is 72.2 cm³/mol. The Balaban J connectivity index is 2.82. The van der Waals surface area contributed by atoms with Crippen molar-refractivity contribution in [1.82, 2.24) is 0 Å². The van der Waals surface area contributed by atoms with E-state index >= 15 is 0 Å². The van der Waals surface area contributed by atoms with Gasteiger partial charge in [0.15, 0.2) is 5.92 Å². The summed E-state index contributed by atoms with van der Waals surface area (Å²) in [5.41, 5.74) is 0.904. The van der Waals surface area contributed by atoms with Gasteiger partial charge in [-0.25, -0.2) is 0 Å². The van der Waals surface area contributed by atoms with Gasteiger partial charge in [0.25, 0.3) is 0 Å². The summed E-state index contributed by atoms with van der Waals surface area (Å²) >= 11 is 0. The van der Waals surface area contributed by atoms with Crippen LogP contribution in [0.5, 0.6) is 0 Å². The molecule has 0 unspecified atom stereocenters. The molecule has 102 valence electrons. The molecule has 0 heterocycles. The molecule has 0 aromatic heterocycles. The lowest BCUT2D eigenvalue weighted by atomic mass is 10.1. The van der Waals surface area contributed by atoms with Crippen LogP contribution < -0.4 is 0 Å². The second-order valence-corrected chi connectivity index (χ2v) is 3.75. The topological polar surface area (TPSA) is 52.6 Å². The standard InChI is InChI=1S/C15H18O4/c1-3-18-14(16)13(15(17)19-4-2)11-10-12-8-6-5-7-9-12/h5-11,13H,3-4H2,1-2H3/b11-10+. The highest BCUT2D eigenvalue weighted by Gasteiger charge is 2.26. The lowest BCUT2D eigenvalue weighted by Gasteiger charge is -2.10. The largest absolute Gasteiger partial charge is 0.465 e. The fourth-order valence-corrected chi connectivity index (χ4v) is 1.49. The maximum absolute atomic E-state index is 11.7. The Morgan fingerprint density at radius 3 is 2.05 bits per heavy atom. The fourth-order valence-electron chi connectivity index (χ4n) is 1.49. The summed E-state index contributed by atoms with van der Waals surface area (Å²) in [6.07, 6.45) is 3.21. The third-order valence-corrected chi connectivity index (χ3v) is 2.36. The first-order chi connectivity index (χ1) is 9.19. The summed E-state index contributed by atoms with van der Waals surface area (Å²) in [4.78, 5) is 23.4. The number of ether oxygens (including phenoxy) is 2. The van der Waals surface area contributed by atoms with E-state index in [0.717, 1.165) is 5.56 Å². The highest BCUT2D eigenvalue weighted by Crippen LogP contribution is 2.10. The zero-order valence-electron chi connectivity index (χ0n) is 11.2. The van der Waals surface area contributed by atoms with Gasteiger partial charge in [-0.2, -0.15) is 0 Å². The Morgan fingerprint density at radius 2 is 1.58 bits per heavy atom. The first-order valence-electron chi connectivity index (χ1n) is 6.25. The Hall–Kier alpha value is -2.10. The molecule has 0 fully saturated rings. The van der Waals surface area contributed by atoms with Gasteiger partial charge >= 0.3 is 11.9 Å². The van der Waals surface area contributed by atoms with Crippen LogP contribution in [0.1, 0.15) is 19.4 Å². The van der Waals surface area contributed by atoms with Crippen LogP contribution in [-0.2, 0) is 19.1 Å². The monoisotopic (exact) mass is 262 g/mol. The zero-order valence-corrected chi connectivity index (χ0v) is 11.2. The SMILES string of the molecule is CCOC(=O)C(/C=C/c1ccccc1)C(=O)OCC. The molecule has 0 spiro atoms. The number of rotatable bonds is 6. The van der Waals surface area contributed by atoms with Gasteiger partial charge in [0, 0.05) is 0 Å². The van der Waals surface area contributed by atoms with Gasteiger partial charge in [0.2, 0.25) is 0 Å². The maximum Gasteiger partial charge on any atom is 0.324 e. The Bertz CT molecular complexity index is 419. The quantitative estimate of drug-likeness (QED) is 0.583. The summed E-state index contributed by atoms with van der Waals surface area (Å²) in [5.74, 6) is -2.19. The second kappa shape index (κ2) is 8.08. The average molecular weight is 262 g/mol. The van der Waals surface area contributed by atoms with E-state index in [1.54, 1.807) is 19.9 Å². The summed E-state index contributed by atoms with van der Waals surface area (Å²) < 4.78 is 9.74. The first kappa shape index (κ1) is 15.0. The minimum absolute atomic E-state index is 0.230. The van der Waals surface area contributed by atoms with Crippen LogP contribution in [0, 0.1) is 5.92 Å². The van der Waals surface area contributed by atoms with Crippen molar-refractivity contribution in [2.75, 3.05) is 13.2 Å². The number of carbonyl (C=O) groups is 2. The first-order valence-corrected chi connectivity index (χ1v) is 6.25. The van der Waals surface area contributed by atoms with Gasteiger partial charge in [0.1, 0.15) is 0 Å². The number of benzene rings is 1. The van der Waals surface area contributed by atoms with Gasteiger partial charge in [-0.1, -0.05) is 42.5 Å². The van der Waals surface area contributed by atoms with Crippen LogP contribution in [0.3, 0.4) is 0 Å². The molecule has 1 rings (SSSR count). The van der Waals surface area contributed by atoms with Crippen LogP contribution >= 0.6 is 0 Å². The van der Waals surface area contributed by atoms with E-state index in [2.05, 4.69) is 0 Å². The highest BCUT2D eigenvalue weighted by atomic mass is 16.6. The lowest BCUT2D eigenvalue weighted by molar-refractivity contribution is -0.158. The van der Waals surface area contributed by atoms with Gasteiger partial charge in [-0.05, 0) is 19.4 Å².